The van der Waals surface area contributed by atoms with E-state index in [0.29, 0.717) is 19.0 Å². The summed E-state index contributed by atoms with van der Waals surface area (Å²) in [7, 11) is 1.34. The molecule has 5 heteroatoms. The summed E-state index contributed by atoms with van der Waals surface area (Å²) in [6.45, 7) is 8.85. The number of esters is 1. The van der Waals surface area contributed by atoms with Gasteiger partial charge in [0.1, 0.15) is 0 Å². The van der Waals surface area contributed by atoms with Gasteiger partial charge < -0.3 is 15.4 Å². The molecule has 0 saturated heterocycles. The van der Waals surface area contributed by atoms with Crippen LogP contribution in [0.15, 0.2) is 0 Å². The van der Waals surface area contributed by atoms with Gasteiger partial charge in [0.2, 0.25) is 5.91 Å². The Hall–Kier alpha value is -1.10. The fourth-order valence-electron chi connectivity index (χ4n) is 1.56. The minimum Gasteiger partial charge on any atom is -0.469 e. The summed E-state index contributed by atoms with van der Waals surface area (Å²) in [6.07, 6.45) is 0.208. The molecule has 0 aliphatic carbocycles. The maximum Gasteiger partial charge on any atom is 0.307 e. The molecule has 0 saturated carbocycles. The van der Waals surface area contributed by atoms with Gasteiger partial charge in [0.15, 0.2) is 0 Å². The van der Waals surface area contributed by atoms with E-state index in [0.717, 1.165) is 0 Å². The van der Waals surface area contributed by atoms with E-state index in [9.17, 15) is 9.59 Å². The summed E-state index contributed by atoms with van der Waals surface area (Å²) in [5, 5.41) is 0. The summed E-state index contributed by atoms with van der Waals surface area (Å²) in [5.74, 6) is 0.0218. The van der Waals surface area contributed by atoms with Crippen molar-refractivity contribution in [3.63, 3.8) is 0 Å². The van der Waals surface area contributed by atoms with E-state index < -0.39 is 6.04 Å². The second-order valence-corrected chi connectivity index (χ2v) is 5.27. The van der Waals surface area contributed by atoms with Crippen molar-refractivity contribution in [2.75, 3.05) is 20.2 Å². The Balaban J connectivity index is 4.56. The molecule has 0 aromatic rings. The minimum absolute atomic E-state index is 0.0882. The van der Waals surface area contributed by atoms with E-state index in [1.807, 2.05) is 27.7 Å². The average Bonchev–Trinajstić information content (AvgIpc) is 2.31. The number of nitrogens with two attached hydrogens (primary N) is 1. The third-order valence-electron chi connectivity index (χ3n) is 2.71. The standard InChI is InChI=1S/C13H26N2O3/c1-9(2)8-15(7-6-11(16)18-5)13(17)12(14)10(3)4/h9-10,12H,6-8,14H2,1-5H3/t12-/m1/s1. The predicted molar refractivity (Wildman–Crippen MR) is 70.9 cm³/mol. The number of hydrogen-bond acceptors (Lipinski definition) is 4. The quantitative estimate of drug-likeness (QED) is 0.692. The number of carbonyl (C=O) groups is 2. The van der Waals surface area contributed by atoms with Crippen LogP contribution >= 0.6 is 0 Å². The van der Waals surface area contributed by atoms with Gasteiger partial charge in [0.25, 0.3) is 0 Å². The van der Waals surface area contributed by atoms with Gasteiger partial charge in [-0.3, -0.25) is 9.59 Å². The van der Waals surface area contributed by atoms with Crippen molar-refractivity contribution in [2.45, 2.75) is 40.2 Å². The highest BCUT2D eigenvalue weighted by molar-refractivity contribution is 5.82. The van der Waals surface area contributed by atoms with E-state index in [4.69, 9.17) is 5.73 Å². The fraction of sp³-hybridized carbons (Fsp3) is 0.846. The van der Waals surface area contributed by atoms with E-state index in [1.165, 1.54) is 7.11 Å². The summed E-state index contributed by atoms with van der Waals surface area (Å²) in [5.41, 5.74) is 5.87. The van der Waals surface area contributed by atoms with Crippen molar-refractivity contribution in [3.8, 4) is 0 Å². The van der Waals surface area contributed by atoms with Gasteiger partial charge in [0, 0.05) is 13.1 Å². The third-order valence-corrected chi connectivity index (χ3v) is 2.71. The second kappa shape index (κ2) is 8.08. The van der Waals surface area contributed by atoms with Crippen LogP contribution in [0.2, 0.25) is 0 Å². The molecule has 0 spiro atoms. The summed E-state index contributed by atoms with van der Waals surface area (Å²) >= 11 is 0. The van der Waals surface area contributed by atoms with E-state index in [-0.39, 0.29) is 24.2 Å². The molecule has 0 aromatic carbocycles. The van der Waals surface area contributed by atoms with Crippen LogP contribution in [0.5, 0.6) is 0 Å². The van der Waals surface area contributed by atoms with Gasteiger partial charge in [-0.1, -0.05) is 27.7 Å². The normalized spacial score (nSPS) is 12.7. The van der Waals surface area contributed by atoms with Gasteiger partial charge in [-0.2, -0.15) is 0 Å². The van der Waals surface area contributed by atoms with Crippen molar-refractivity contribution in [1.82, 2.24) is 4.90 Å². The molecule has 0 rings (SSSR count). The summed E-state index contributed by atoms with van der Waals surface area (Å²) in [6, 6.07) is -0.513. The van der Waals surface area contributed by atoms with Crippen LogP contribution in [0.4, 0.5) is 0 Å². The summed E-state index contributed by atoms with van der Waals surface area (Å²) < 4.78 is 4.59. The first-order chi connectivity index (χ1) is 8.29. The zero-order valence-electron chi connectivity index (χ0n) is 12.1. The topological polar surface area (TPSA) is 72.6 Å². The number of hydrogen-bond donors (Lipinski definition) is 1. The van der Waals surface area contributed by atoms with Gasteiger partial charge in [0.05, 0.1) is 19.6 Å². The minimum atomic E-state index is -0.513. The highest BCUT2D eigenvalue weighted by Gasteiger charge is 2.24. The SMILES string of the molecule is COC(=O)CCN(CC(C)C)C(=O)[C@H](N)C(C)C. The lowest BCUT2D eigenvalue weighted by Gasteiger charge is -2.28. The van der Waals surface area contributed by atoms with E-state index in [2.05, 4.69) is 4.74 Å². The Morgan fingerprint density at radius 2 is 1.78 bits per heavy atom. The fourth-order valence-corrected chi connectivity index (χ4v) is 1.56. The number of amides is 1. The molecule has 2 N–H and O–H groups in total. The van der Waals surface area contributed by atoms with Crippen LogP contribution in [0.25, 0.3) is 0 Å². The number of carbonyl (C=O) groups excluding carboxylic acids is 2. The largest absolute Gasteiger partial charge is 0.469 e. The molecule has 0 aliphatic heterocycles. The van der Waals surface area contributed by atoms with Crippen LogP contribution in [0.3, 0.4) is 0 Å². The van der Waals surface area contributed by atoms with Crippen molar-refractivity contribution in [2.24, 2.45) is 17.6 Å². The average molecular weight is 258 g/mol. The van der Waals surface area contributed by atoms with Crippen molar-refractivity contribution >= 4 is 11.9 Å². The molecule has 1 atom stereocenters. The molecular weight excluding hydrogens is 232 g/mol. The zero-order chi connectivity index (χ0) is 14.3. The third kappa shape index (κ3) is 6.00. The van der Waals surface area contributed by atoms with Crippen LogP contribution in [-0.2, 0) is 14.3 Å². The molecule has 0 unspecified atom stereocenters. The first-order valence-corrected chi connectivity index (χ1v) is 6.40. The number of methoxy groups -OCH3 is 1. The van der Waals surface area contributed by atoms with E-state index in [1.54, 1.807) is 4.90 Å². The van der Waals surface area contributed by atoms with Gasteiger partial charge in [-0.15, -0.1) is 0 Å². The molecule has 5 nitrogen and oxygen atoms in total. The molecule has 0 heterocycles. The molecule has 0 aliphatic rings. The highest BCUT2D eigenvalue weighted by Crippen LogP contribution is 2.07. The predicted octanol–water partition coefficient (Wildman–Crippen LogP) is 1.02. The smallest absolute Gasteiger partial charge is 0.307 e. The Morgan fingerprint density at radius 1 is 1.22 bits per heavy atom. The summed E-state index contributed by atoms with van der Waals surface area (Å²) in [4.78, 5) is 25.0. The number of nitrogens with zero attached hydrogens (tertiary/aromatic N) is 1. The van der Waals surface area contributed by atoms with Gasteiger partial charge in [-0.05, 0) is 11.8 Å². The molecule has 106 valence electrons. The van der Waals surface area contributed by atoms with Gasteiger partial charge >= 0.3 is 5.97 Å². The molecule has 0 bridgehead atoms. The Bertz CT molecular complexity index is 277. The van der Waals surface area contributed by atoms with E-state index >= 15 is 0 Å². The molecule has 1 amide bonds. The zero-order valence-corrected chi connectivity index (χ0v) is 12.1. The first kappa shape index (κ1) is 16.9. The van der Waals surface area contributed by atoms with Crippen LogP contribution in [-0.4, -0.2) is 43.0 Å². The molecule has 18 heavy (non-hydrogen) atoms. The molecular formula is C13H26N2O3. The maximum absolute atomic E-state index is 12.2. The lowest BCUT2D eigenvalue weighted by Crippen LogP contribution is -2.48. The Morgan fingerprint density at radius 3 is 2.17 bits per heavy atom. The highest BCUT2D eigenvalue weighted by atomic mass is 16.5. The van der Waals surface area contributed by atoms with Crippen LogP contribution < -0.4 is 5.73 Å². The van der Waals surface area contributed by atoms with Crippen LogP contribution in [0.1, 0.15) is 34.1 Å². The van der Waals surface area contributed by atoms with Crippen LogP contribution in [0, 0.1) is 11.8 Å². The monoisotopic (exact) mass is 258 g/mol. The maximum atomic E-state index is 12.2. The van der Waals surface area contributed by atoms with Crippen molar-refractivity contribution in [3.05, 3.63) is 0 Å². The number of ether oxygens (including phenoxy) is 1. The Labute approximate surface area is 110 Å². The second-order valence-electron chi connectivity index (χ2n) is 5.27. The lowest BCUT2D eigenvalue weighted by atomic mass is 10.0. The Kier molecular flexibility index (Phi) is 7.59. The number of rotatable bonds is 7. The van der Waals surface area contributed by atoms with Crippen molar-refractivity contribution < 1.29 is 14.3 Å². The van der Waals surface area contributed by atoms with Crippen molar-refractivity contribution in [1.29, 1.82) is 0 Å². The molecule has 0 aromatic heterocycles. The van der Waals surface area contributed by atoms with Gasteiger partial charge in [-0.25, -0.2) is 0 Å². The lowest BCUT2D eigenvalue weighted by molar-refractivity contribution is -0.142. The molecule has 0 radical (unpaired) electrons. The first-order valence-electron chi connectivity index (χ1n) is 6.40. The molecule has 0 fully saturated rings.